The highest BCUT2D eigenvalue weighted by molar-refractivity contribution is 14.0. The van der Waals surface area contributed by atoms with E-state index in [0.717, 1.165) is 0 Å². The number of hydrogen-bond donors (Lipinski definition) is 2. The number of rotatable bonds is 11. The number of nitrogens with zero attached hydrogens (tertiary/aromatic N) is 2. The molecule has 0 fully saturated rings. The van der Waals surface area contributed by atoms with Gasteiger partial charge >= 0.3 is 0 Å². The molecule has 1 atom stereocenters. The molecule has 1 rings (SSSR count). The number of guanidine groups is 1. The molecule has 0 heterocycles. The largest absolute Gasteiger partial charge is 0.486 e. The molecule has 0 aliphatic heterocycles. The van der Waals surface area contributed by atoms with Crippen LogP contribution in [0.1, 0.15) is 27.2 Å². The zero-order chi connectivity index (χ0) is 20.3. The van der Waals surface area contributed by atoms with Crippen molar-refractivity contribution in [1.82, 2.24) is 14.9 Å². The van der Waals surface area contributed by atoms with Crippen molar-refractivity contribution < 1.29 is 17.5 Å². The minimum absolute atomic E-state index is 0. The molecule has 0 spiro atoms. The molecule has 0 saturated heterocycles. The van der Waals surface area contributed by atoms with Gasteiger partial charge in [0.1, 0.15) is 6.10 Å². The number of sulfonamides is 1. The summed E-state index contributed by atoms with van der Waals surface area (Å²) in [5.41, 5.74) is 0. The third-order valence-corrected chi connectivity index (χ3v) is 5.09. The molecule has 0 aromatic heterocycles. The van der Waals surface area contributed by atoms with Crippen LogP contribution < -0.4 is 15.4 Å². The highest BCUT2D eigenvalue weighted by Gasteiger charge is 2.13. The molecule has 7 nitrogen and oxygen atoms in total. The number of nitrogens with one attached hydrogen (secondary N) is 2. The van der Waals surface area contributed by atoms with Crippen molar-refractivity contribution in [2.75, 3.05) is 39.0 Å². The van der Waals surface area contributed by atoms with Crippen molar-refractivity contribution in [2.24, 2.45) is 4.99 Å². The van der Waals surface area contributed by atoms with E-state index in [9.17, 15) is 12.8 Å². The minimum atomic E-state index is -3.17. The first-order chi connectivity index (χ1) is 12.8. The fourth-order valence-corrected chi connectivity index (χ4v) is 3.31. The van der Waals surface area contributed by atoms with Crippen LogP contribution in [0.15, 0.2) is 29.3 Å². The Morgan fingerprint density at radius 3 is 2.54 bits per heavy atom. The number of aliphatic imine (C=N–C) groups is 1. The molecule has 0 saturated carbocycles. The van der Waals surface area contributed by atoms with Crippen LogP contribution in [0.3, 0.4) is 0 Å². The molecule has 28 heavy (non-hydrogen) atoms. The summed E-state index contributed by atoms with van der Waals surface area (Å²) < 4.78 is 43.8. The Balaban J connectivity index is 0.00000729. The lowest BCUT2D eigenvalue weighted by atomic mass is 10.3. The third-order valence-electron chi connectivity index (χ3n) is 3.71. The van der Waals surface area contributed by atoms with Gasteiger partial charge in [-0.05, 0) is 32.4 Å². The molecular formula is C18H32FIN4O3S. The fourth-order valence-electron chi connectivity index (χ4n) is 2.38. The maximum atomic E-state index is 13.6. The average Bonchev–Trinajstić information content (AvgIpc) is 2.60. The van der Waals surface area contributed by atoms with Gasteiger partial charge in [0, 0.05) is 26.2 Å². The van der Waals surface area contributed by atoms with E-state index >= 15 is 0 Å². The van der Waals surface area contributed by atoms with Gasteiger partial charge in [0.15, 0.2) is 17.5 Å². The molecule has 10 heteroatoms. The van der Waals surface area contributed by atoms with Crippen LogP contribution in [-0.4, -0.2) is 63.8 Å². The topological polar surface area (TPSA) is 83.0 Å². The molecule has 1 aromatic rings. The van der Waals surface area contributed by atoms with Gasteiger partial charge in [0.2, 0.25) is 10.0 Å². The van der Waals surface area contributed by atoms with Gasteiger partial charge in [-0.3, -0.25) is 0 Å². The summed E-state index contributed by atoms with van der Waals surface area (Å²) in [5.74, 6) is 0.423. The number of hydrogen-bond acceptors (Lipinski definition) is 4. The van der Waals surface area contributed by atoms with Crippen molar-refractivity contribution in [2.45, 2.75) is 33.3 Å². The number of benzene rings is 1. The first-order valence-corrected chi connectivity index (χ1v) is 11.0. The van der Waals surface area contributed by atoms with Crippen molar-refractivity contribution >= 4 is 40.0 Å². The Labute approximate surface area is 185 Å². The molecule has 2 N–H and O–H groups in total. The smallest absolute Gasteiger partial charge is 0.211 e. The standard InChI is InChI=1S/C18H31FN4O3S.HI/c1-5-20-18(21-12-9-13-23(6-2)27(4,24)25)22-14-15(3)26-17-11-8-7-10-16(17)19;/h7-8,10-11,15H,5-6,9,12-14H2,1-4H3,(H2,20,21,22);1H. The van der Waals surface area contributed by atoms with Crippen LogP contribution in [0.2, 0.25) is 0 Å². The second kappa shape index (κ2) is 13.9. The van der Waals surface area contributed by atoms with Crippen molar-refractivity contribution in [3.63, 3.8) is 0 Å². The fraction of sp³-hybridized carbons (Fsp3) is 0.611. The summed E-state index contributed by atoms with van der Waals surface area (Å²) >= 11 is 0. The number of ether oxygens (including phenoxy) is 1. The lowest BCUT2D eigenvalue weighted by Gasteiger charge is -2.18. The first kappa shape index (κ1) is 26.9. The predicted molar refractivity (Wildman–Crippen MR) is 123 cm³/mol. The lowest BCUT2D eigenvalue weighted by Crippen LogP contribution is -2.40. The van der Waals surface area contributed by atoms with Gasteiger partial charge in [0.05, 0.1) is 12.8 Å². The molecule has 0 aliphatic carbocycles. The van der Waals surface area contributed by atoms with Crippen LogP contribution >= 0.6 is 24.0 Å². The molecule has 162 valence electrons. The molecule has 0 aliphatic rings. The maximum Gasteiger partial charge on any atom is 0.211 e. The second-order valence-electron chi connectivity index (χ2n) is 6.11. The van der Waals surface area contributed by atoms with E-state index in [2.05, 4.69) is 15.6 Å². The summed E-state index contributed by atoms with van der Waals surface area (Å²) in [6.07, 6.45) is 1.58. The lowest BCUT2D eigenvalue weighted by molar-refractivity contribution is 0.220. The van der Waals surface area contributed by atoms with Gasteiger partial charge in [-0.15, -0.1) is 24.0 Å². The van der Waals surface area contributed by atoms with Crippen LogP contribution in [0.5, 0.6) is 5.75 Å². The summed E-state index contributed by atoms with van der Waals surface area (Å²) in [5, 5.41) is 6.29. The van der Waals surface area contributed by atoms with Crippen LogP contribution in [0.4, 0.5) is 4.39 Å². The number of halogens is 2. The summed E-state index contributed by atoms with van der Waals surface area (Å²) in [6, 6.07) is 6.27. The first-order valence-electron chi connectivity index (χ1n) is 9.16. The monoisotopic (exact) mass is 530 g/mol. The summed E-state index contributed by atoms with van der Waals surface area (Å²) in [7, 11) is -3.17. The van der Waals surface area contributed by atoms with Crippen molar-refractivity contribution in [3.8, 4) is 5.75 Å². The van der Waals surface area contributed by atoms with Gasteiger partial charge < -0.3 is 15.4 Å². The Hall–Kier alpha value is -1.14. The van der Waals surface area contributed by atoms with E-state index in [1.54, 1.807) is 18.2 Å². The Bertz CT molecular complexity index is 704. The highest BCUT2D eigenvalue weighted by atomic mass is 127. The van der Waals surface area contributed by atoms with E-state index < -0.39 is 15.8 Å². The molecule has 0 amide bonds. The Morgan fingerprint density at radius 1 is 1.29 bits per heavy atom. The molecule has 1 aromatic carbocycles. The van der Waals surface area contributed by atoms with E-state index in [0.29, 0.717) is 45.1 Å². The van der Waals surface area contributed by atoms with Crippen LogP contribution in [0.25, 0.3) is 0 Å². The zero-order valence-corrected chi connectivity index (χ0v) is 20.1. The van der Waals surface area contributed by atoms with E-state index in [4.69, 9.17) is 4.74 Å². The van der Waals surface area contributed by atoms with Crippen LogP contribution in [-0.2, 0) is 10.0 Å². The van der Waals surface area contributed by atoms with E-state index in [1.807, 2.05) is 20.8 Å². The van der Waals surface area contributed by atoms with Gasteiger partial charge in [-0.25, -0.2) is 22.1 Å². The third kappa shape index (κ3) is 10.4. The van der Waals surface area contributed by atoms with E-state index in [1.165, 1.54) is 16.6 Å². The minimum Gasteiger partial charge on any atom is -0.486 e. The predicted octanol–water partition coefficient (Wildman–Crippen LogP) is 2.44. The number of para-hydroxylation sites is 1. The van der Waals surface area contributed by atoms with Crippen molar-refractivity contribution in [1.29, 1.82) is 0 Å². The SMILES string of the molecule is CCNC(=NCC(C)Oc1ccccc1F)NCCCN(CC)S(C)(=O)=O.I. The molecular weight excluding hydrogens is 498 g/mol. The quantitative estimate of drug-likeness (QED) is 0.199. The van der Waals surface area contributed by atoms with Crippen LogP contribution in [0, 0.1) is 5.82 Å². The van der Waals surface area contributed by atoms with Crippen molar-refractivity contribution in [3.05, 3.63) is 30.1 Å². The Kier molecular flexibility index (Phi) is 13.4. The molecule has 0 bridgehead atoms. The Morgan fingerprint density at radius 2 is 1.96 bits per heavy atom. The maximum absolute atomic E-state index is 13.6. The normalized spacial score (nSPS) is 13.0. The van der Waals surface area contributed by atoms with Gasteiger partial charge in [-0.1, -0.05) is 19.1 Å². The highest BCUT2D eigenvalue weighted by Crippen LogP contribution is 2.16. The summed E-state index contributed by atoms with van der Waals surface area (Å²) in [4.78, 5) is 4.44. The summed E-state index contributed by atoms with van der Waals surface area (Å²) in [6.45, 7) is 8.14. The molecule has 1 unspecified atom stereocenters. The van der Waals surface area contributed by atoms with Gasteiger partial charge in [-0.2, -0.15) is 0 Å². The second-order valence-corrected chi connectivity index (χ2v) is 8.10. The zero-order valence-electron chi connectivity index (χ0n) is 16.9. The van der Waals surface area contributed by atoms with E-state index in [-0.39, 0.29) is 35.8 Å². The van der Waals surface area contributed by atoms with Gasteiger partial charge in [0.25, 0.3) is 0 Å². The molecule has 0 radical (unpaired) electrons. The average molecular weight is 530 g/mol.